The van der Waals surface area contributed by atoms with Gasteiger partial charge in [-0.1, -0.05) is 31.4 Å². The summed E-state index contributed by atoms with van der Waals surface area (Å²) < 4.78 is 0. The highest BCUT2D eigenvalue weighted by Gasteiger charge is 2.23. The normalized spacial score (nSPS) is 16.0. The summed E-state index contributed by atoms with van der Waals surface area (Å²) in [4.78, 5) is 18.7. The lowest BCUT2D eigenvalue weighted by Gasteiger charge is -2.32. The molecule has 1 aromatic heterocycles. The molecule has 1 aliphatic heterocycles. The van der Waals surface area contributed by atoms with Crippen LogP contribution in [0.2, 0.25) is 5.15 Å². The first-order valence-electron chi connectivity index (χ1n) is 7.84. The number of carbonyl (C=O) groups excluding carboxylic acids is 1. The van der Waals surface area contributed by atoms with Crippen LogP contribution in [0, 0.1) is 5.92 Å². The van der Waals surface area contributed by atoms with E-state index in [1.165, 1.54) is 12.8 Å². The van der Waals surface area contributed by atoms with Crippen LogP contribution >= 0.6 is 11.6 Å². The first-order chi connectivity index (χ1) is 10.1. The van der Waals surface area contributed by atoms with Crippen LogP contribution in [0.15, 0.2) is 12.1 Å². The Labute approximate surface area is 131 Å². The van der Waals surface area contributed by atoms with Gasteiger partial charge in [0.25, 0.3) is 5.91 Å². The fraction of sp³-hybridized carbons (Fsp3) is 0.625. The molecule has 1 aromatic rings. The van der Waals surface area contributed by atoms with E-state index in [2.05, 4.69) is 17.2 Å². The second-order valence-corrected chi connectivity index (χ2v) is 6.01. The number of hydrogen-bond donors (Lipinski definition) is 1. The lowest BCUT2D eigenvalue weighted by atomic mass is 9.92. The largest absolute Gasteiger partial charge is 0.370 e. The number of nitrogens with zero attached hydrogens (tertiary/aromatic N) is 2. The molecule has 116 valence electrons. The number of anilines is 1. The summed E-state index contributed by atoms with van der Waals surface area (Å²) in [7, 11) is 0. The van der Waals surface area contributed by atoms with Crippen molar-refractivity contribution in [2.75, 3.05) is 25.0 Å². The molecule has 0 aliphatic carbocycles. The van der Waals surface area contributed by atoms with Crippen molar-refractivity contribution in [3.8, 4) is 0 Å². The Bertz CT molecular complexity index is 484. The summed E-state index contributed by atoms with van der Waals surface area (Å²) in [6.07, 6.45) is 4.72. The Morgan fingerprint density at radius 3 is 2.71 bits per heavy atom. The predicted molar refractivity (Wildman–Crippen MR) is 86.9 cm³/mol. The van der Waals surface area contributed by atoms with Gasteiger partial charge in [0.2, 0.25) is 0 Å². The first kappa shape index (κ1) is 16.1. The van der Waals surface area contributed by atoms with E-state index in [1.807, 2.05) is 11.8 Å². The summed E-state index contributed by atoms with van der Waals surface area (Å²) in [6.45, 7) is 6.66. The molecule has 0 bridgehead atoms. The van der Waals surface area contributed by atoms with E-state index < -0.39 is 0 Å². The summed E-state index contributed by atoms with van der Waals surface area (Å²) in [5.74, 6) is 1.50. The molecule has 1 saturated heterocycles. The van der Waals surface area contributed by atoms with E-state index in [9.17, 15) is 4.79 Å². The molecule has 1 fully saturated rings. The van der Waals surface area contributed by atoms with Gasteiger partial charge in [-0.2, -0.15) is 0 Å². The third-order valence-corrected chi connectivity index (χ3v) is 4.19. The Kier molecular flexibility index (Phi) is 5.85. The number of carbonyl (C=O) groups is 1. The number of hydrogen-bond acceptors (Lipinski definition) is 3. The van der Waals surface area contributed by atoms with Crippen LogP contribution in [0.5, 0.6) is 0 Å². The number of likely N-dealkylation sites (tertiary alicyclic amines) is 1. The van der Waals surface area contributed by atoms with Crippen LogP contribution < -0.4 is 5.32 Å². The number of piperidine rings is 1. The number of nitrogens with one attached hydrogen (secondary N) is 1. The van der Waals surface area contributed by atoms with Crippen molar-refractivity contribution in [1.82, 2.24) is 9.88 Å². The molecule has 1 N–H and O–H groups in total. The van der Waals surface area contributed by atoms with Gasteiger partial charge in [0.05, 0.1) is 0 Å². The summed E-state index contributed by atoms with van der Waals surface area (Å²) in [5, 5.41) is 3.46. The molecule has 1 amide bonds. The van der Waals surface area contributed by atoms with E-state index in [0.717, 1.165) is 38.4 Å². The van der Waals surface area contributed by atoms with Gasteiger partial charge in [-0.3, -0.25) is 4.79 Å². The van der Waals surface area contributed by atoms with Crippen molar-refractivity contribution in [2.24, 2.45) is 5.92 Å². The minimum absolute atomic E-state index is 0.0633. The lowest BCUT2D eigenvalue weighted by molar-refractivity contribution is 0.0686. The van der Waals surface area contributed by atoms with Crippen LogP contribution in [0.25, 0.3) is 0 Å². The number of pyridine rings is 1. The molecular formula is C16H24ClN3O. The summed E-state index contributed by atoms with van der Waals surface area (Å²) >= 11 is 6.01. The van der Waals surface area contributed by atoms with Crippen molar-refractivity contribution >= 4 is 23.3 Å². The topological polar surface area (TPSA) is 45.2 Å². The van der Waals surface area contributed by atoms with Gasteiger partial charge in [-0.25, -0.2) is 4.98 Å². The van der Waals surface area contributed by atoms with Crippen LogP contribution in [0.1, 0.15) is 49.9 Å². The molecule has 0 spiro atoms. The smallest absolute Gasteiger partial charge is 0.254 e. The Morgan fingerprint density at radius 1 is 1.38 bits per heavy atom. The maximum atomic E-state index is 12.6. The van der Waals surface area contributed by atoms with Crippen LogP contribution in [-0.2, 0) is 0 Å². The van der Waals surface area contributed by atoms with E-state index >= 15 is 0 Å². The van der Waals surface area contributed by atoms with Crippen molar-refractivity contribution in [2.45, 2.75) is 39.5 Å². The van der Waals surface area contributed by atoms with Gasteiger partial charge < -0.3 is 10.2 Å². The zero-order valence-corrected chi connectivity index (χ0v) is 13.6. The van der Waals surface area contributed by atoms with Gasteiger partial charge in [-0.05, 0) is 37.8 Å². The van der Waals surface area contributed by atoms with Crippen molar-refractivity contribution in [1.29, 1.82) is 0 Å². The molecule has 0 aromatic carbocycles. The second kappa shape index (κ2) is 7.64. The molecule has 0 radical (unpaired) electrons. The highest BCUT2D eigenvalue weighted by molar-refractivity contribution is 6.29. The molecule has 0 unspecified atom stereocenters. The molecule has 0 atom stereocenters. The maximum absolute atomic E-state index is 12.6. The van der Waals surface area contributed by atoms with E-state index in [1.54, 1.807) is 12.1 Å². The molecule has 5 heteroatoms. The standard InChI is InChI=1S/C16H24ClN3O/c1-3-5-12-6-8-20(9-7-12)16(21)13-10-14(17)19-15(11-13)18-4-2/h10-12H,3-9H2,1-2H3,(H,18,19). The third-order valence-electron chi connectivity index (χ3n) is 4.00. The minimum atomic E-state index is 0.0633. The molecule has 2 rings (SSSR count). The first-order valence-corrected chi connectivity index (χ1v) is 8.22. The maximum Gasteiger partial charge on any atom is 0.254 e. The van der Waals surface area contributed by atoms with Crippen LogP contribution in [-0.4, -0.2) is 35.4 Å². The number of rotatable bonds is 5. The Balaban J connectivity index is 2.03. The summed E-state index contributed by atoms with van der Waals surface area (Å²) in [6, 6.07) is 3.44. The van der Waals surface area contributed by atoms with Crippen molar-refractivity contribution < 1.29 is 4.79 Å². The number of aromatic nitrogens is 1. The van der Waals surface area contributed by atoms with E-state index in [0.29, 0.717) is 16.5 Å². The zero-order chi connectivity index (χ0) is 15.2. The zero-order valence-electron chi connectivity index (χ0n) is 12.9. The van der Waals surface area contributed by atoms with Gasteiger partial charge in [0.1, 0.15) is 11.0 Å². The monoisotopic (exact) mass is 309 g/mol. The van der Waals surface area contributed by atoms with Gasteiger partial charge in [0.15, 0.2) is 0 Å². The molecule has 1 aliphatic rings. The fourth-order valence-electron chi connectivity index (χ4n) is 2.91. The van der Waals surface area contributed by atoms with Gasteiger partial charge in [-0.15, -0.1) is 0 Å². The average Bonchev–Trinajstić information content (AvgIpc) is 2.47. The van der Waals surface area contributed by atoms with Crippen LogP contribution in [0.4, 0.5) is 5.82 Å². The van der Waals surface area contributed by atoms with Crippen molar-refractivity contribution in [3.05, 3.63) is 22.8 Å². The van der Waals surface area contributed by atoms with Gasteiger partial charge >= 0.3 is 0 Å². The minimum Gasteiger partial charge on any atom is -0.370 e. The quantitative estimate of drug-likeness (QED) is 0.841. The highest BCUT2D eigenvalue weighted by atomic mass is 35.5. The lowest BCUT2D eigenvalue weighted by Crippen LogP contribution is -2.38. The van der Waals surface area contributed by atoms with E-state index in [-0.39, 0.29) is 5.91 Å². The van der Waals surface area contributed by atoms with Crippen molar-refractivity contribution in [3.63, 3.8) is 0 Å². The Hall–Kier alpha value is -1.29. The predicted octanol–water partition coefficient (Wildman–Crippen LogP) is 3.82. The molecule has 0 saturated carbocycles. The van der Waals surface area contributed by atoms with Crippen LogP contribution in [0.3, 0.4) is 0 Å². The highest BCUT2D eigenvalue weighted by Crippen LogP contribution is 2.24. The molecule has 2 heterocycles. The second-order valence-electron chi connectivity index (χ2n) is 5.62. The summed E-state index contributed by atoms with van der Waals surface area (Å²) in [5.41, 5.74) is 0.625. The van der Waals surface area contributed by atoms with E-state index in [4.69, 9.17) is 11.6 Å². The molecule has 4 nitrogen and oxygen atoms in total. The Morgan fingerprint density at radius 2 is 2.10 bits per heavy atom. The third kappa shape index (κ3) is 4.34. The number of amides is 1. The SMILES string of the molecule is CCCC1CCN(C(=O)c2cc(Cl)nc(NCC)c2)CC1. The average molecular weight is 310 g/mol. The van der Waals surface area contributed by atoms with Gasteiger partial charge in [0, 0.05) is 25.2 Å². The molecular weight excluding hydrogens is 286 g/mol. The number of halogens is 1. The fourth-order valence-corrected chi connectivity index (χ4v) is 3.12. The molecule has 21 heavy (non-hydrogen) atoms.